The van der Waals surface area contributed by atoms with Crippen LogP contribution in [0.4, 0.5) is 0 Å². The average Bonchev–Trinajstić information content (AvgIpc) is 3.48. The summed E-state index contributed by atoms with van der Waals surface area (Å²) >= 11 is 6.25. The minimum Gasteiger partial charge on any atom is -0.268 e. The van der Waals surface area contributed by atoms with Crippen LogP contribution in [0.3, 0.4) is 0 Å². The molecule has 9 nitrogen and oxygen atoms in total. The molecule has 0 spiro atoms. The molecule has 0 saturated heterocycles. The van der Waals surface area contributed by atoms with Gasteiger partial charge in [0.25, 0.3) is 17.3 Å². The predicted octanol–water partition coefficient (Wildman–Crippen LogP) is 3.91. The number of nitrogens with zero attached hydrogens (tertiary/aromatic N) is 7. The van der Waals surface area contributed by atoms with Crippen molar-refractivity contribution in [1.29, 1.82) is 0 Å². The Morgan fingerprint density at radius 1 is 1.09 bits per heavy atom. The second kappa shape index (κ2) is 7.52. The Morgan fingerprint density at radius 3 is 2.81 bits per heavy atom. The van der Waals surface area contributed by atoms with Crippen LogP contribution in [-0.2, 0) is 0 Å². The van der Waals surface area contributed by atoms with Gasteiger partial charge in [-0.05, 0) is 31.0 Å². The molecule has 4 heterocycles. The number of aromatic nitrogens is 8. The van der Waals surface area contributed by atoms with E-state index < -0.39 is 0 Å². The number of H-pyrrole nitrogens is 1. The van der Waals surface area contributed by atoms with Crippen LogP contribution < -0.4 is 5.56 Å². The van der Waals surface area contributed by atoms with Crippen LogP contribution in [0.1, 0.15) is 43.8 Å². The maximum absolute atomic E-state index is 13.7. The fourth-order valence-electron chi connectivity index (χ4n) is 4.52. The molecule has 1 aliphatic carbocycles. The zero-order chi connectivity index (χ0) is 21.7. The van der Waals surface area contributed by atoms with E-state index in [1.807, 2.05) is 12.1 Å². The van der Waals surface area contributed by atoms with Gasteiger partial charge in [0.1, 0.15) is 12.2 Å². The largest absolute Gasteiger partial charge is 0.269 e. The van der Waals surface area contributed by atoms with Crippen LogP contribution in [0.5, 0.6) is 0 Å². The van der Waals surface area contributed by atoms with Crippen LogP contribution in [0, 0.1) is 0 Å². The molecule has 1 N–H and O–H groups in total. The van der Waals surface area contributed by atoms with E-state index in [0.717, 1.165) is 24.2 Å². The summed E-state index contributed by atoms with van der Waals surface area (Å²) in [5.74, 6) is 1.93. The van der Waals surface area contributed by atoms with E-state index in [-0.39, 0.29) is 5.56 Å². The normalized spacial score (nSPS) is 15.0. The molecule has 0 bridgehead atoms. The number of benzene rings is 1. The Labute approximate surface area is 187 Å². The molecule has 32 heavy (non-hydrogen) atoms. The van der Waals surface area contributed by atoms with Crippen molar-refractivity contribution in [1.82, 2.24) is 39.3 Å². The maximum Gasteiger partial charge on any atom is 0.269 e. The molecule has 1 aliphatic rings. The lowest BCUT2D eigenvalue weighted by molar-refractivity contribution is 0.429. The molecule has 0 atom stereocenters. The first-order valence-corrected chi connectivity index (χ1v) is 11.0. The third-order valence-corrected chi connectivity index (χ3v) is 6.30. The summed E-state index contributed by atoms with van der Waals surface area (Å²) in [7, 11) is 0. The van der Waals surface area contributed by atoms with Gasteiger partial charge in [-0.1, -0.05) is 43.0 Å². The zero-order valence-corrected chi connectivity index (χ0v) is 17.8. The molecule has 0 radical (unpaired) electrons. The number of hydrogen-bond acceptors (Lipinski definition) is 6. The van der Waals surface area contributed by atoms with Gasteiger partial charge in [0.05, 0.1) is 16.6 Å². The number of pyridine rings is 1. The van der Waals surface area contributed by atoms with Crippen molar-refractivity contribution in [3.63, 3.8) is 0 Å². The van der Waals surface area contributed by atoms with Gasteiger partial charge >= 0.3 is 0 Å². The monoisotopic (exact) mass is 446 g/mol. The van der Waals surface area contributed by atoms with Gasteiger partial charge in [0, 0.05) is 22.7 Å². The molecular formula is C22H19ClN8O. The first kappa shape index (κ1) is 19.1. The predicted molar refractivity (Wildman–Crippen MR) is 120 cm³/mol. The summed E-state index contributed by atoms with van der Waals surface area (Å²) in [5, 5.41) is 12.7. The molecule has 1 saturated carbocycles. The number of halogens is 1. The molecule has 10 heteroatoms. The Hall–Kier alpha value is -3.59. The Kier molecular flexibility index (Phi) is 4.50. The molecular weight excluding hydrogens is 428 g/mol. The SMILES string of the molecule is O=c1c2c(-c3cccc(Cl)c3)n3ncnc3nc2ccn1-c1n[nH]c(C2CCCCC2)n1. The van der Waals surface area contributed by atoms with Gasteiger partial charge in [0.2, 0.25) is 0 Å². The molecule has 1 fully saturated rings. The van der Waals surface area contributed by atoms with Crippen molar-refractivity contribution in [2.75, 3.05) is 0 Å². The highest BCUT2D eigenvalue weighted by Crippen LogP contribution is 2.31. The molecule has 6 rings (SSSR count). The van der Waals surface area contributed by atoms with Gasteiger partial charge in [-0.15, -0.1) is 5.10 Å². The summed E-state index contributed by atoms with van der Waals surface area (Å²) < 4.78 is 3.01. The van der Waals surface area contributed by atoms with Gasteiger partial charge in [0.15, 0.2) is 0 Å². The summed E-state index contributed by atoms with van der Waals surface area (Å²) in [4.78, 5) is 27.1. The quantitative estimate of drug-likeness (QED) is 0.450. The van der Waals surface area contributed by atoms with E-state index in [4.69, 9.17) is 11.6 Å². The summed E-state index contributed by atoms with van der Waals surface area (Å²) in [6, 6.07) is 9.07. The van der Waals surface area contributed by atoms with Crippen LogP contribution in [0.15, 0.2) is 47.7 Å². The van der Waals surface area contributed by atoms with Crippen molar-refractivity contribution in [2.45, 2.75) is 38.0 Å². The number of aromatic amines is 1. The van der Waals surface area contributed by atoms with Gasteiger partial charge in [-0.25, -0.2) is 9.55 Å². The van der Waals surface area contributed by atoms with Crippen LogP contribution in [0.25, 0.3) is 33.9 Å². The molecule has 160 valence electrons. The van der Waals surface area contributed by atoms with Gasteiger partial charge < -0.3 is 0 Å². The Morgan fingerprint density at radius 2 is 1.97 bits per heavy atom. The third kappa shape index (κ3) is 3.08. The minimum absolute atomic E-state index is 0.281. The fourth-order valence-corrected chi connectivity index (χ4v) is 4.71. The number of fused-ring (bicyclic) bond motifs is 2. The van der Waals surface area contributed by atoms with Crippen LogP contribution in [0.2, 0.25) is 5.02 Å². The number of hydrogen-bond donors (Lipinski definition) is 1. The average molecular weight is 447 g/mol. The number of rotatable bonds is 3. The summed E-state index contributed by atoms with van der Waals surface area (Å²) in [5.41, 5.74) is 1.56. The van der Waals surface area contributed by atoms with Crippen molar-refractivity contribution >= 4 is 28.3 Å². The van der Waals surface area contributed by atoms with E-state index in [1.54, 1.807) is 28.9 Å². The molecule has 0 aliphatic heterocycles. The van der Waals surface area contributed by atoms with Crippen molar-refractivity contribution < 1.29 is 0 Å². The van der Waals surface area contributed by atoms with Crippen molar-refractivity contribution in [3.05, 3.63) is 64.1 Å². The highest BCUT2D eigenvalue weighted by Gasteiger charge is 2.22. The van der Waals surface area contributed by atoms with E-state index >= 15 is 0 Å². The number of nitrogens with one attached hydrogen (secondary N) is 1. The van der Waals surface area contributed by atoms with E-state index in [0.29, 0.717) is 39.3 Å². The standard InChI is InChI=1S/C22H19ClN8O/c23-15-8-4-7-14(11-15)18-17-16(26-21-24-12-25-31(18)21)9-10-30(20(17)32)22-27-19(28-29-22)13-5-2-1-3-6-13/h4,7-13H,1-3,5-6H2,(H,27,28,29). The first-order valence-electron chi connectivity index (χ1n) is 10.6. The van der Waals surface area contributed by atoms with E-state index in [9.17, 15) is 4.79 Å². The topological polar surface area (TPSA) is 107 Å². The van der Waals surface area contributed by atoms with E-state index in [1.165, 1.54) is 30.2 Å². The molecule has 4 aromatic heterocycles. The molecule has 1 aromatic carbocycles. The minimum atomic E-state index is -0.281. The Bertz CT molecular complexity index is 1510. The van der Waals surface area contributed by atoms with Gasteiger partial charge in [-0.2, -0.15) is 19.6 Å². The van der Waals surface area contributed by atoms with Gasteiger partial charge in [-0.3, -0.25) is 9.89 Å². The second-order valence-corrected chi connectivity index (χ2v) is 8.49. The van der Waals surface area contributed by atoms with Crippen LogP contribution in [-0.4, -0.2) is 39.3 Å². The highest BCUT2D eigenvalue weighted by atomic mass is 35.5. The fraction of sp³-hybridized carbons (Fsp3) is 0.273. The van der Waals surface area contributed by atoms with Crippen LogP contribution >= 0.6 is 11.6 Å². The maximum atomic E-state index is 13.7. The lowest BCUT2D eigenvalue weighted by Gasteiger charge is -2.18. The molecule has 0 unspecified atom stereocenters. The molecule has 0 amide bonds. The Balaban J connectivity index is 1.57. The zero-order valence-electron chi connectivity index (χ0n) is 17.1. The summed E-state index contributed by atoms with van der Waals surface area (Å²) in [6.45, 7) is 0. The third-order valence-electron chi connectivity index (χ3n) is 6.07. The molecule has 5 aromatic rings. The highest BCUT2D eigenvalue weighted by molar-refractivity contribution is 6.30. The van der Waals surface area contributed by atoms with E-state index in [2.05, 4.69) is 30.2 Å². The lowest BCUT2D eigenvalue weighted by atomic mass is 9.89. The van der Waals surface area contributed by atoms with Crippen molar-refractivity contribution in [3.8, 4) is 17.2 Å². The summed E-state index contributed by atoms with van der Waals surface area (Å²) in [6.07, 6.45) is 8.90. The van der Waals surface area contributed by atoms with Crippen molar-refractivity contribution in [2.24, 2.45) is 0 Å². The lowest BCUT2D eigenvalue weighted by Crippen LogP contribution is -2.21. The smallest absolute Gasteiger partial charge is 0.268 e. The second-order valence-electron chi connectivity index (χ2n) is 8.05. The first-order chi connectivity index (χ1) is 15.7.